The Morgan fingerprint density at radius 2 is 2.06 bits per heavy atom. The lowest BCUT2D eigenvalue weighted by Crippen LogP contribution is -2.34. The molecule has 0 aliphatic heterocycles. The molecule has 0 bridgehead atoms. The second-order valence-corrected chi connectivity index (χ2v) is 5.10. The molecule has 4 heteroatoms. The highest BCUT2D eigenvalue weighted by Gasteiger charge is 2.30. The molecule has 0 spiro atoms. The molecule has 0 radical (unpaired) electrons. The maximum Gasteiger partial charge on any atom is 0.229 e. The summed E-state index contributed by atoms with van der Waals surface area (Å²) in [5.74, 6) is 0.00881. The minimum atomic E-state index is -0.0415. The van der Waals surface area contributed by atoms with Crippen molar-refractivity contribution in [2.24, 2.45) is 11.7 Å². The van der Waals surface area contributed by atoms with Crippen LogP contribution >= 0.6 is 0 Å². The fourth-order valence-electron chi connectivity index (χ4n) is 2.51. The van der Waals surface area contributed by atoms with Gasteiger partial charge >= 0.3 is 0 Å². The normalized spacial score (nSPS) is 22.8. The first-order valence-corrected chi connectivity index (χ1v) is 6.42. The van der Waals surface area contributed by atoms with Crippen molar-refractivity contribution in [2.75, 3.05) is 24.3 Å². The van der Waals surface area contributed by atoms with Gasteiger partial charge in [-0.05, 0) is 25.0 Å². The fraction of sp³-hybridized carbons (Fsp3) is 0.500. The quantitative estimate of drug-likeness (QED) is 0.856. The van der Waals surface area contributed by atoms with Gasteiger partial charge in [0.15, 0.2) is 0 Å². The summed E-state index contributed by atoms with van der Waals surface area (Å²) in [6, 6.07) is 7.82. The van der Waals surface area contributed by atoms with E-state index in [1.165, 1.54) is 0 Å². The number of amides is 1. The van der Waals surface area contributed by atoms with Crippen LogP contribution in [0.4, 0.5) is 11.4 Å². The summed E-state index contributed by atoms with van der Waals surface area (Å²) in [6.45, 7) is 0. The summed E-state index contributed by atoms with van der Waals surface area (Å²) in [7, 11) is 3.93. The van der Waals surface area contributed by atoms with Crippen molar-refractivity contribution in [3.05, 3.63) is 24.3 Å². The van der Waals surface area contributed by atoms with Gasteiger partial charge in [0.25, 0.3) is 0 Å². The molecule has 1 aliphatic carbocycles. The lowest BCUT2D eigenvalue weighted by atomic mass is 10.0. The van der Waals surface area contributed by atoms with Gasteiger partial charge in [0, 0.05) is 20.1 Å². The van der Waals surface area contributed by atoms with Gasteiger partial charge in [-0.15, -0.1) is 0 Å². The summed E-state index contributed by atoms with van der Waals surface area (Å²) >= 11 is 0. The van der Waals surface area contributed by atoms with Gasteiger partial charge in [-0.1, -0.05) is 18.6 Å². The Hall–Kier alpha value is -1.55. The van der Waals surface area contributed by atoms with Crippen LogP contribution in [0.25, 0.3) is 0 Å². The zero-order valence-corrected chi connectivity index (χ0v) is 11.0. The molecule has 3 N–H and O–H groups in total. The van der Waals surface area contributed by atoms with Crippen LogP contribution in [0.3, 0.4) is 0 Å². The monoisotopic (exact) mass is 247 g/mol. The molecule has 1 aliphatic rings. The third kappa shape index (κ3) is 2.64. The summed E-state index contributed by atoms with van der Waals surface area (Å²) in [5, 5.41) is 3.00. The number of nitrogens with two attached hydrogens (primary N) is 1. The van der Waals surface area contributed by atoms with E-state index in [0.29, 0.717) is 0 Å². The second kappa shape index (κ2) is 5.40. The number of nitrogens with one attached hydrogen (secondary N) is 1. The largest absolute Gasteiger partial charge is 0.376 e. The first kappa shape index (κ1) is 12.9. The molecule has 2 atom stereocenters. The highest BCUT2D eigenvalue weighted by Crippen LogP contribution is 2.28. The molecule has 98 valence electrons. The molecule has 18 heavy (non-hydrogen) atoms. The van der Waals surface area contributed by atoms with Crippen LogP contribution < -0.4 is 16.0 Å². The molecule has 1 aromatic carbocycles. The Labute approximate surface area is 108 Å². The highest BCUT2D eigenvalue weighted by molar-refractivity contribution is 5.96. The zero-order chi connectivity index (χ0) is 13.1. The minimum absolute atomic E-state index is 0.0107. The first-order chi connectivity index (χ1) is 8.59. The summed E-state index contributed by atoms with van der Waals surface area (Å²) in [5.41, 5.74) is 7.82. The van der Waals surface area contributed by atoms with E-state index in [1.807, 2.05) is 43.3 Å². The number of hydrogen-bond donors (Lipinski definition) is 2. The fourth-order valence-corrected chi connectivity index (χ4v) is 2.51. The van der Waals surface area contributed by atoms with Crippen LogP contribution in [0.5, 0.6) is 0 Å². The summed E-state index contributed by atoms with van der Waals surface area (Å²) < 4.78 is 0. The number of hydrogen-bond acceptors (Lipinski definition) is 3. The van der Waals surface area contributed by atoms with Crippen molar-refractivity contribution in [3.63, 3.8) is 0 Å². The van der Waals surface area contributed by atoms with E-state index >= 15 is 0 Å². The van der Waals surface area contributed by atoms with Gasteiger partial charge in [0.1, 0.15) is 0 Å². The number of anilines is 2. The number of carbonyl (C=O) groups is 1. The Bertz CT molecular complexity index is 431. The Morgan fingerprint density at radius 3 is 2.67 bits per heavy atom. The Morgan fingerprint density at radius 1 is 1.33 bits per heavy atom. The van der Waals surface area contributed by atoms with Crippen molar-refractivity contribution < 1.29 is 4.79 Å². The third-order valence-electron chi connectivity index (χ3n) is 3.55. The smallest absolute Gasteiger partial charge is 0.229 e. The minimum Gasteiger partial charge on any atom is -0.376 e. The molecule has 2 rings (SSSR count). The Kier molecular flexibility index (Phi) is 3.87. The van der Waals surface area contributed by atoms with Crippen molar-refractivity contribution in [1.82, 2.24) is 0 Å². The molecule has 4 nitrogen and oxygen atoms in total. The number of carbonyl (C=O) groups excluding carboxylic acids is 1. The summed E-state index contributed by atoms with van der Waals surface area (Å²) in [4.78, 5) is 14.2. The van der Waals surface area contributed by atoms with Gasteiger partial charge in [0.05, 0.1) is 17.3 Å². The van der Waals surface area contributed by atoms with Crippen molar-refractivity contribution >= 4 is 17.3 Å². The number of para-hydroxylation sites is 2. The van der Waals surface area contributed by atoms with Gasteiger partial charge in [0.2, 0.25) is 5.91 Å². The predicted molar refractivity (Wildman–Crippen MR) is 74.7 cm³/mol. The van der Waals surface area contributed by atoms with E-state index in [0.717, 1.165) is 30.6 Å². The molecular weight excluding hydrogens is 226 g/mol. The SMILES string of the molecule is CN(C)c1ccccc1NC(=O)C1CCCC1N. The van der Waals surface area contributed by atoms with Gasteiger partial charge < -0.3 is 16.0 Å². The maximum absolute atomic E-state index is 12.2. The van der Waals surface area contributed by atoms with Gasteiger partial charge in [-0.3, -0.25) is 4.79 Å². The van der Waals surface area contributed by atoms with Crippen LogP contribution in [0.1, 0.15) is 19.3 Å². The van der Waals surface area contributed by atoms with Gasteiger partial charge in [-0.25, -0.2) is 0 Å². The molecule has 0 heterocycles. The Balaban J connectivity index is 2.11. The lowest BCUT2D eigenvalue weighted by molar-refractivity contribution is -0.120. The van der Waals surface area contributed by atoms with Crippen LogP contribution in [0.2, 0.25) is 0 Å². The van der Waals surface area contributed by atoms with E-state index < -0.39 is 0 Å². The van der Waals surface area contributed by atoms with Crippen LogP contribution in [0, 0.1) is 5.92 Å². The maximum atomic E-state index is 12.2. The van der Waals surface area contributed by atoms with Crippen LogP contribution in [-0.4, -0.2) is 26.0 Å². The van der Waals surface area contributed by atoms with E-state index in [2.05, 4.69) is 5.32 Å². The molecule has 1 saturated carbocycles. The molecule has 1 amide bonds. The molecule has 2 unspecified atom stereocenters. The topological polar surface area (TPSA) is 58.4 Å². The molecule has 0 saturated heterocycles. The third-order valence-corrected chi connectivity index (χ3v) is 3.55. The zero-order valence-electron chi connectivity index (χ0n) is 11.0. The van der Waals surface area contributed by atoms with E-state index in [1.54, 1.807) is 0 Å². The molecule has 1 fully saturated rings. The second-order valence-electron chi connectivity index (χ2n) is 5.10. The van der Waals surface area contributed by atoms with Crippen LogP contribution in [-0.2, 0) is 4.79 Å². The highest BCUT2D eigenvalue weighted by atomic mass is 16.1. The number of nitrogens with zero attached hydrogens (tertiary/aromatic N) is 1. The first-order valence-electron chi connectivity index (χ1n) is 6.42. The standard InChI is InChI=1S/C14H21N3O/c1-17(2)13-9-4-3-8-12(13)16-14(18)10-6-5-7-11(10)15/h3-4,8-11H,5-7,15H2,1-2H3,(H,16,18). The van der Waals surface area contributed by atoms with E-state index in [-0.39, 0.29) is 17.9 Å². The number of benzene rings is 1. The van der Waals surface area contributed by atoms with Crippen molar-refractivity contribution in [2.45, 2.75) is 25.3 Å². The summed E-state index contributed by atoms with van der Waals surface area (Å²) in [6.07, 6.45) is 2.90. The van der Waals surface area contributed by atoms with E-state index in [4.69, 9.17) is 5.73 Å². The molecular formula is C14H21N3O. The molecule has 0 aromatic heterocycles. The van der Waals surface area contributed by atoms with Crippen molar-refractivity contribution in [3.8, 4) is 0 Å². The predicted octanol–water partition coefficient (Wildman–Crippen LogP) is 1.82. The van der Waals surface area contributed by atoms with E-state index in [9.17, 15) is 4.79 Å². The lowest BCUT2D eigenvalue weighted by Gasteiger charge is -2.20. The van der Waals surface area contributed by atoms with Crippen molar-refractivity contribution in [1.29, 1.82) is 0 Å². The number of rotatable bonds is 3. The average Bonchev–Trinajstić information content (AvgIpc) is 2.76. The van der Waals surface area contributed by atoms with Crippen LogP contribution in [0.15, 0.2) is 24.3 Å². The van der Waals surface area contributed by atoms with Gasteiger partial charge in [-0.2, -0.15) is 0 Å². The average molecular weight is 247 g/mol. The molecule has 1 aromatic rings.